The van der Waals surface area contributed by atoms with Crippen molar-refractivity contribution in [3.05, 3.63) is 83.5 Å². The van der Waals surface area contributed by atoms with E-state index in [0.29, 0.717) is 73.7 Å². The third kappa shape index (κ3) is 5.33. The van der Waals surface area contributed by atoms with E-state index in [-0.39, 0.29) is 11.5 Å². The van der Waals surface area contributed by atoms with Crippen molar-refractivity contribution < 1.29 is 19.0 Å². The Morgan fingerprint density at radius 1 is 1.13 bits per heavy atom. The standard InChI is InChI=1S/C29H32ClN3O5S/c1-7-32(8-2)28(35)24-17(4)31-29-33(25(24)19-12-10-11-13-21(19)36-5)27(34)23(39-29)16-18-14-20(30)26(38-9-3)22(15-18)37-6/h10-16,25H,7-9H2,1-6H3/b23-16+. The van der Waals surface area contributed by atoms with Gasteiger partial charge in [0.25, 0.3) is 11.5 Å². The smallest absolute Gasteiger partial charge is 0.271 e. The number of carbonyl (C=O) groups is 1. The molecule has 206 valence electrons. The molecule has 1 atom stereocenters. The average Bonchev–Trinajstić information content (AvgIpc) is 3.23. The highest BCUT2D eigenvalue weighted by atomic mass is 35.5. The van der Waals surface area contributed by atoms with Crippen LogP contribution in [0.3, 0.4) is 0 Å². The molecule has 0 aliphatic carbocycles. The minimum atomic E-state index is -0.703. The molecule has 8 nitrogen and oxygen atoms in total. The molecule has 2 aromatic carbocycles. The van der Waals surface area contributed by atoms with Gasteiger partial charge in [0, 0.05) is 18.7 Å². The van der Waals surface area contributed by atoms with Crippen LogP contribution in [0.2, 0.25) is 5.02 Å². The van der Waals surface area contributed by atoms with Crippen molar-refractivity contribution in [2.45, 2.75) is 33.7 Å². The van der Waals surface area contributed by atoms with E-state index in [9.17, 15) is 9.59 Å². The van der Waals surface area contributed by atoms with Crippen LogP contribution < -0.4 is 29.1 Å². The molecule has 1 aromatic heterocycles. The molecule has 0 saturated carbocycles. The molecule has 0 fully saturated rings. The predicted octanol–water partition coefficient (Wildman–Crippen LogP) is 4.17. The second-order valence-corrected chi connectivity index (χ2v) is 10.2. The van der Waals surface area contributed by atoms with Gasteiger partial charge in [0.2, 0.25) is 0 Å². The number of hydrogen-bond donors (Lipinski definition) is 0. The summed E-state index contributed by atoms with van der Waals surface area (Å²) < 4.78 is 18.8. The minimum absolute atomic E-state index is 0.158. The molecular formula is C29H32ClN3O5S. The van der Waals surface area contributed by atoms with Crippen molar-refractivity contribution in [2.75, 3.05) is 33.9 Å². The number of ether oxygens (including phenoxy) is 3. The average molecular weight is 570 g/mol. The van der Waals surface area contributed by atoms with Crippen LogP contribution in [0.15, 0.2) is 57.5 Å². The monoisotopic (exact) mass is 569 g/mol. The van der Waals surface area contributed by atoms with Gasteiger partial charge in [-0.15, -0.1) is 0 Å². The third-order valence-corrected chi connectivity index (χ3v) is 7.84. The number of nitrogens with zero attached hydrogens (tertiary/aromatic N) is 3. The number of aromatic nitrogens is 1. The summed E-state index contributed by atoms with van der Waals surface area (Å²) >= 11 is 7.73. The van der Waals surface area contributed by atoms with Crippen LogP contribution in [0, 0.1) is 0 Å². The molecule has 2 heterocycles. The fourth-order valence-electron chi connectivity index (χ4n) is 4.72. The summed E-state index contributed by atoms with van der Waals surface area (Å²) in [5.41, 5.74) is 2.14. The van der Waals surface area contributed by atoms with Crippen LogP contribution in [0.1, 0.15) is 44.9 Å². The van der Waals surface area contributed by atoms with E-state index >= 15 is 0 Å². The maximum Gasteiger partial charge on any atom is 0.271 e. The van der Waals surface area contributed by atoms with Crippen LogP contribution in [0.4, 0.5) is 0 Å². The molecule has 0 N–H and O–H groups in total. The molecule has 0 bridgehead atoms. The minimum Gasteiger partial charge on any atom is -0.496 e. The summed E-state index contributed by atoms with van der Waals surface area (Å²) in [7, 11) is 3.12. The molecule has 1 unspecified atom stereocenters. The Kier molecular flexibility index (Phi) is 8.82. The van der Waals surface area contributed by atoms with Crippen LogP contribution in [-0.2, 0) is 4.79 Å². The summed E-state index contributed by atoms with van der Waals surface area (Å²) in [6.07, 6.45) is 1.75. The Bertz CT molecular complexity index is 1600. The Morgan fingerprint density at radius 2 is 1.82 bits per heavy atom. The Labute approximate surface area is 236 Å². The first-order chi connectivity index (χ1) is 18.8. The molecule has 0 saturated heterocycles. The third-order valence-electron chi connectivity index (χ3n) is 6.57. The zero-order chi connectivity index (χ0) is 28.3. The van der Waals surface area contributed by atoms with Gasteiger partial charge in [0.05, 0.1) is 41.7 Å². The molecule has 0 radical (unpaired) electrons. The topological polar surface area (TPSA) is 82.4 Å². The lowest BCUT2D eigenvalue weighted by Gasteiger charge is -2.29. The Morgan fingerprint density at radius 3 is 2.46 bits per heavy atom. The number of thiazole rings is 1. The number of para-hydroxylation sites is 1. The first-order valence-corrected chi connectivity index (χ1v) is 13.9. The highest BCUT2D eigenvalue weighted by Gasteiger charge is 2.35. The van der Waals surface area contributed by atoms with Crippen LogP contribution in [-0.4, -0.2) is 49.3 Å². The number of carbonyl (C=O) groups excluding carboxylic acids is 1. The van der Waals surface area contributed by atoms with Crippen molar-refractivity contribution in [1.82, 2.24) is 9.47 Å². The SMILES string of the molecule is CCOc1c(Cl)cc(/C=c2/sc3n(c2=O)C(c2ccccc2OC)C(C(=O)N(CC)CC)=C(C)N=3)cc1OC. The van der Waals surface area contributed by atoms with Gasteiger partial charge < -0.3 is 19.1 Å². The summed E-state index contributed by atoms with van der Waals surface area (Å²) in [5.74, 6) is 1.35. The lowest BCUT2D eigenvalue weighted by atomic mass is 9.94. The van der Waals surface area contributed by atoms with Crippen LogP contribution in [0.5, 0.6) is 17.2 Å². The normalized spacial score (nSPS) is 15.1. The number of rotatable bonds is 9. The van der Waals surface area contributed by atoms with Crippen molar-refractivity contribution in [3.63, 3.8) is 0 Å². The van der Waals surface area contributed by atoms with Gasteiger partial charge in [-0.25, -0.2) is 4.99 Å². The van der Waals surface area contributed by atoms with Gasteiger partial charge in [0.1, 0.15) is 11.8 Å². The van der Waals surface area contributed by atoms with E-state index in [4.69, 9.17) is 30.8 Å². The zero-order valence-electron chi connectivity index (χ0n) is 22.9. The molecule has 3 aromatic rings. The Hall–Kier alpha value is -3.56. The van der Waals surface area contributed by atoms with E-state index < -0.39 is 6.04 Å². The first kappa shape index (κ1) is 28.4. The molecule has 10 heteroatoms. The zero-order valence-corrected chi connectivity index (χ0v) is 24.5. The van der Waals surface area contributed by atoms with E-state index in [1.54, 1.807) is 34.8 Å². The number of amides is 1. The fraction of sp³-hybridized carbons (Fsp3) is 0.345. The Balaban J connectivity index is 1.97. The lowest BCUT2D eigenvalue weighted by Crippen LogP contribution is -2.43. The maximum absolute atomic E-state index is 14.0. The fourth-order valence-corrected chi connectivity index (χ4v) is 6.04. The second-order valence-electron chi connectivity index (χ2n) is 8.77. The van der Waals surface area contributed by atoms with Crippen molar-refractivity contribution in [2.24, 2.45) is 4.99 Å². The first-order valence-electron chi connectivity index (χ1n) is 12.7. The van der Waals surface area contributed by atoms with Gasteiger partial charge in [0.15, 0.2) is 16.3 Å². The summed E-state index contributed by atoms with van der Waals surface area (Å²) in [6.45, 7) is 9.05. The van der Waals surface area contributed by atoms with E-state index in [1.165, 1.54) is 18.4 Å². The van der Waals surface area contributed by atoms with Crippen molar-refractivity contribution in [3.8, 4) is 17.2 Å². The van der Waals surface area contributed by atoms with Crippen molar-refractivity contribution in [1.29, 1.82) is 0 Å². The van der Waals surface area contributed by atoms with E-state index in [2.05, 4.69) is 0 Å². The molecule has 0 spiro atoms. The van der Waals surface area contributed by atoms with Gasteiger partial charge in [-0.05, 0) is 57.5 Å². The maximum atomic E-state index is 14.0. The number of benzene rings is 2. The lowest BCUT2D eigenvalue weighted by molar-refractivity contribution is -0.127. The number of likely N-dealkylation sites (N-methyl/N-ethyl adjacent to an activating group) is 1. The quantitative estimate of drug-likeness (QED) is 0.386. The summed E-state index contributed by atoms with van der Waals surface area (Å²) in [4.78, 5) is 34.7. The number of hydrogen-bond acceptors (Lipinski definition) is 7. The number of halogens is 1. The summed E-state index contributed by atoms with van der Waals surface area (Å²) in [6, 6.07) is 10.2. The molecular weight excluding hydrogens is 538 g/mol. The molecule has 4 rings (SSSR count). The number of methoxy groups -OCH3 is 2. The van der Waals surface area contributed by atoms with Crippen molar-refractivity contribution >= 4 is 34.9 Å². The molecule has 39 heavy (non-hydrogen) atoms. The van der Waals surface area contributed by atoms with Crippen LogP contribution in [0.25, 0.3) is 6.08 Å². The van der Waals surface area contributed by atoms with Gasteiger partial charge in [-0.1, -0.05) is 41.1 Å². The van der Waals surface area contributed by atoms with Crippen LogP contribution >= 0.6 is 22.9 Å². The summed E-state index contributed by atoms with van der Waals surface area (Å²) in [5, 5.41) is 0.380. The van der Waals surface area contributed by atoms with E-state index in [1.807, 2.05) is 52.0 Å². The number of allylic oxidation sites excluding steroid dienone is 1. The highest BCUT2D eigenvalue weighted by molar-refractivity contribution is 7.07. The molecule has 1 aliphatic rings. The largest absolute Gasteiger partial charge is 0.496 e. The molecule has 1 amide bonds. The predicted molar refractivity (Wildman–Crippen MR) is 154 cm³/mol. The van der Waals surface area contributed by atoms with E-state index in [0.717, 1.165) is 0 Å². The van der Waals surface area contributed by atoms with Gasteiger partial charge in [-0.2, -0.15) is 0 Å². The molecule has 1 aliphatic heterocycles. The highest BCUT2D eigenvalue weighted by Crippen LogP contribution is 2.37. The van der Waals surface area contributed by atoms with Gasteiger partial charge in [-0.3, -0.25) is 14.2 Å². The second kappa shape index (κ2) is 12.1. The number of fused-ring (bicyclic) bond motifs is 1. The van der Waals surface area contributed by atoms with Gasteiger partial charge >= 0.3 is 0 Å².